The molecule has 1 aromatic carbocycles. The minimum atomic E-state index is -0.668. The number of hydrogen-bond donors (Lipinski definition) is 2. The SMILES string of the molecule is COc1cccc(/C=C/C(=O)Nc2c(N)n(C)c(=O)n(C)c2=O)c1. The Kier molecular flexibility index (Phi) is 4.88. The number of rotatable bonds is 4. The van der Waals surface area contributed by atoms with E-state index < -0.39 is 17.2 Å². The molecule has 0 saturated heterocycles. The number of nitrogen functional groups attached to an aromatic ring is 1. The molecule has 0 aliphatic rings. The highest BCUT2D eigenvalue weighted by Gasteiger charge is 2.14. The highest BCUT2D eigenvalue weighted by Crippen LogP contribution is 2.14. The monoisotopic (exact) mass is 330 g/mol. The molecule has 0 atom stereocenters. The Morgan fingerprint density at radius 3 is 2.62 bits per heavy atom. The molecule has 0 aliphatic heterocycles. The molecule has 1 amide bonds. The molecule has 0 aliphatic carbocycles. The zero-order chi connectivity index (χ0) is 17.9. The van der Waals surface area contributed by atoms with Crippen LogP contribution in [0.15, 0.2) is 39.9 Å². The van der Waals surface area contributed by atoms with E-state index in [1.807, 2.05) is 0 Å². The van der Waals surface area contributed by atoms with E-state index in [-0.39, 0.29) is 11.5 Å². The molecule has 0 unspecified atom stereocenters. The smallest absolute Gasteiger partial charge is 0.332 e. The largest absolute Gasteiger partial charge is 0.497 e. The highest BCUT2D eigenvalue weighted by molar-refractivity contribution is 6.03. The van der Waals surface area contributed by atoms with Crippen LogP contribution >= 0.6 is 0 Å². The maximum Gasteiger partial charge on any atom is 0.332 e. The summed E-state index contributed by atoms with van der Waals surface area (Å²) in [4.78, 5) is 35.8. The first-order chi connectivity index (χ1) is 11.3. The fourth-order valence-corrected chi connectivity index (χ4v) is 2.06. The number of amides is 1. The quantitative estimate of drug-likeness (QED) is 0.785. The van der Waals surface area contributed by atoms with Crippen LogP contribution in [0.3, 0.4) is 0 Å². The molecule has 0 radical (unpaired) electrons. The number of ether oxygens (including phenoxy) is 1. The topological polar surface area (TPSA) is 108 Å². The van der Waals surface area contributed by atoms with E-state index in [1.54, 1.807) is 37.5 Å². The van der Waals surface area contributed by atoms with Crippen LogP contribution in [0.25, 0.3) is 6.08 Å². The van der Waals surface area contributed by atoms with Crippen LogP contribution in [0.2, 0.25) is 0 Å². The molecule has 0 saturated carbocycles. The highest BCUT2D eigenvalue weighted by atomic mass is 16.5. The maximum atomic E-state index is 12.1. The predicted molar refractivity (Wildman–Crippen MR) is 92.0 cm³/mol. The van der Waals surface area contributed by atoms with Gasteiger partial charge in [-0.05, 0) is 23.8 Å². The van der Waals surface area contributed by atoms with E-state index in [9.17, 15) is 14.4 Å². The summed E-state index contributed by atoms with van der Waals surface area (Å²) in [6.07, 6.45) is 2.83. The Morgan fingerprint density at radius 2 is 1.96 bits per heavy atom. The third-order valence-corrected chi connectivity index (χ3v) is 3.48. The van der Waals surface area contributed by atoms with Crippen molar-refractivity contribution in [3.8, 4) is 5.75 Å². The second-order valence-corrected chi connectivity index (χ2v) is 5.07. The zero-order valence-electron chi connectivity index (χ0n) is 13.6. The van der Waals surface area contributed by atoms with Gasteiger partial charge in [-0.1, -0.05) is 12.1 Å². The molecule has 0 fully saturated rings. The lowest BCUT2D eigenvalue weighted by atomic mass is 10.2. The number of nitrogens with zero attached hydrogens (tertiary/aromatic N) is 2. The Hall–Kier alpha value is -3.29. The zero-order valence-corrected chi connectivity index (χ0v) is 13.6. The van der Waals surface area contributed by atoms with Crippen LogP contribution in [0.5, 0.6) is 5.75 Å². The molecule has 8 nitrogen and oxygen atoms in total. The second-order valence-electron chi connectivity index (χ2n) is 5.07. The summed E-state index contributed by atoms with van der Waals surface area (Å²) in [6, 6.07) is 7.12. The average molecular weight is 330 g/mol. The maximum absolute atomic E-state index is 12.1. The van der Waals surface area contributed by atoms with Crippen LogP contribution in [-0.2, 0) is 18.9 Å². The van der Waals surface area contributed by atoms with Gasteiger partial charge in [-0.3, -0.25) is 18.7 Å². The molecule has 24 heavy (non-hydrogen) atoms. The molecule has 3 N–H and O–H groups in total. The number of nitrogens with two attached hydrogens (primary N) is 1. The third kappa shape index (κ3) is 3.37. The van der Waals surface area contributed by atoms with Crippen LogP contribution < -0.4 is 27.0 Å². The molecule has 126 valence electrons. The van der Waals surface area contributed by atoms with Crippen LogP contribution in [0.1, 0.15) is 5.56 Å². The summed E-state index contributed by atoms with van der Waals surface area (Å²) < 4.78 is 7.06. The van der Waals surface area contributed by atoms with Crippen molar-refractivity contribution in [3.05, 3.63) is 56.7 Å². The van der Waals surface area contributed by atoms with Gasteiger partial charge >= 0.3 is 5.69 Å². The lowest BCUT2D eigenvalue weighted by Crippen LogP contribution is -2.40. The van der Waals surface area contributed by atoms with Gasteiger partial charge in [0.05, 0.1) is 7.11 Å². The second kappa shape index (κ2) is 6.86. The number of benzene rings is 1. The van der Waals surface area contributed by atoms with Crippen molar-refractivity contribution in [1.29, 1.82) is 0 Å². The Bertz CT molecular complexity index is 925. The number of nitrogens with one attached hydrogen (secondary N) is 1. The van der Waals surface area contributed by atoms with Crippen molar-refractivity contribution in [2.75, 3.05) is 18.2 Å². The minimum Gasteiger partial charge on any atom is -0.497 e. The minimum absolute atomic E-state index is 0.105. The van der Waals surface area contributed by atoms with Gasteiger partial charge in [-0.25, -0.2) is 4.79 Å². The summed E-state index contributed by atoms with van der Waals surface area (Å²) >= 11 is 0. The fourth-order valence-electron chi connectivity index (χ4n) is 2.06. The first kappa shape index (κ1) is 17.1. The number of carbonyl (C=O) groups is 1. The van der Waals surface area contributed by atoms with Gasteiger partial charge < -0.3 is 15.8 Å². The molecule has 8 heteroatoms. The molecule has 2 aromatic rings. The normalized spacial score (nSPS) is 10.8. The Labute approximate surface area is 137 Å². The van der Waals surface area contributed by atoms with E-state index in [0.29, 0.717) is 5.75 Å². The molecule has 0 spiro atoms. The van der Waals surface area contributed by atoms with Crippen molar-refractivity contribution in [3.63, 3.8) is 0 Å². The number of aromatic nitrogens is 2. The molecule has 1 heterocycles. The summed E-state index contributed by atoms with van der Waals surface area (Å²) in [5.74, 6) is 0.0141. The molecular weight excluding hydrogens is 312 g/mol. The Balaban J connectivity index is 2.26. The van der Waals surface area contributed by atoms with Crippen LogP contribution in [0.4, 0.5) is 11.5 Å². The third-order valence-electron chi connectivity index (χ3n) is 3.48. The molecule has 1 aromatic heterocycles. The van der Waals surface area contributed by atoms with Gasteiger partial charge in [0.15, 0.2) is 0 Å². The summed E-state index contributed by atoms with van der Waals surface area (Å²) in [7, 11) is 4.28. The molecule has 0 bridgehead atoms. The van der Waals surface area contributed by atoms with Crippen molar-refractivity contribution < 1.29 is 9.53 Å². The van der Waals surface area contributed by atoms with Crippen LogP contribution in [0, 0.1) is 0 Å². The lowest BCUT2D eigenvalue weighted by molar-refractivity contribution is -0.111. The number of hydrogen-bond acceptors (Lipinski definition) is 5. The first-order valence-corrected chi connectivity index (χ1v) is 7.03. The van der Waals surface area contributed by atoms with Crippen molar-refractivity contribution >= 4 is 23.5 Å². The van der Waals surface area contributed by atoms with E-state index >= 15 is 0 Å². The summed E-state index contributed by atoms with van der Waals surface area (Å²) in [5.41, 5.74) is 5.12. The standard InChI is InChI=1S/C16H18N4O4/c1-19-14(17)13(15(22)20(2)16(19)23)18-12(21)8-7-10-5-4-6-11(9-10)24-3/h4-9H,17H2,1-3H3,(H,18,21)/b8-7+. The number of carbonyl (C=O) groups excluding carboxylic acids is 1. The predicted octanol–water partition coefficient (Wildman–Crippen LogP) is 0.327. The van der Waals surface area contributed by atoms with Crippen molar-refractivity contribution in [2.24, 2.45) is 14.1 Å². The van der Waals surface area contributed by atoms with Crippen LogP contribution in [-0.4, -0.2) is 22.2 Å². The van der Waals surface area contributed by atoms with Gasteiger partial charge in [0.2, 0.25) is 5.91 Å². The van der Waals surface area contributed by atoms with Gasteiger partial charge in [-0.2, -0.15) is 0 Å². The van der Waals surface area contributed by atoms with E-state index in [2.05, 4.69) is 5.32 Å². The van der Waals surface area contributed by atoms with E-state index in [4.69, 9.17) is 10.5 Å². The lowest BCUT2D eigenvalue weighted by Gasteiger charge is -2.11. The van der Waals surface area contributed by atoms with E-state index in [1.165, 1.54) is 20.2 Å². The van der Waals surface area contributed by atoms with E-state index in [0.717, 1.165) is 14.7 Å². The van der Waals surface area contributed by atoms with Gasteiger partial charge in [0.1, 0.15) is 17.3 Å². The van der Waals surface area contributed by atoms with Gasteiger partial charge in [0, 0.05) is 20.2 Å². The van der Waals surface area contributed by atoms with Crippen molar-refractivity contribution in [2.45, 2.75) is 0 Å². The first-order valence-electron chi connectivity index (χ1n) is 7.03. The Morgan fingerprint density at radius 1 is 1.25 bits per heavy atom. The number of methoxy groups -OCH3 is 1. The average Bonchev–Trinajstić information content (AvgIpc) is 2.60. The van der Waals surface area contributed by atoms with Crippen molar-refractivity contribution in [1.82, 2.24) is 9.13 Å². The fraction of sp³-hybridized carbons (Fsp3) is 0.188. The summed E-state index contributed by atoms with van der Waals surface area (Å²) in [6.45, 7) is 0. The van der Waals surface area contributed by atoms with Gasteiger partial charge in [0.25, 0.3) is 5.56 Å². The number of anilines is 2. The molecule has 2 rings (SSSR count). The summed E-state index contributed by atoms with van der Waals surface area (Å²) in [5, 5.41) is 2.41. The van der Waals surface area contributed by atoms with Gasteiger partial charge in [-0.15, -0.1) is 0 Å². The molecular formula is C16H18N4O4.